The zero-order chi connectivity index (χ0) is 24.0. The molecule has 2 atom stereocenters. The van der Waals surface area contributed by atoms with Crippen LogP contribution in [0.4, 0.5) is 0 Å². The summed E-state index contributed by atoms with van der Waals surface area (Å²) in [5.41, 5.74) is -1.82. The van der Waals surface area contributed by atoms with Crippen molar-refractivity contribution in [1.29, 1.82) is 0 Å². The summed E-state index contributed by atoms with van der Waals surface area (Å²) in [5.74, 6) is 4.97. The molecule has 6 heteroatoms. The number of Topliss-reactive ketones (excluding diaryl/α,β-unsaturated/α-hetero) is 1. The first-order valence-corrected chi connectivity index (χ1v) is 11.3. The second-order valence-corrected chi connectivity index (χ2v) is 11.4. The van der Waals surface area contributed by atoms with Crippen LogP contribution in [0.15, 0.2) is 0 Å². The molecule has 0 heterocycles. The number of nitrogens with two attached hydrogens (primary N) is 1. The summed E-state index contributed by atoms with van der Waals surface area (Å²) in [7, 11) is 0. The molecule has 0 rings (SSSR count). The zero-order valence-corrected chi connectivity index (χ0v) is 21.2. The third-order valence-corrected chi connectivity index (χ3v) is 5.80. The predicted octanol–water partition coefficient (Wildman–Crippen LogP) is 4.48. The van der Waals surface area contributed by atoms with Crippen molar-refractivity contribution < 1.29 is 19.4 Å². The lowest BCUT2D eigenvalue weighted by molar-refractivity contribution is -0.146. The number of carbonyl (C=O) groups excluding carboxylic acids is 2. The van der Waals surface area contributed by atoms with Crippen LogP contribution in [0.25, 0.3) is 0 Å². The Bertz CT molecular complexity index is 562. The Kier molecular flexibility index (Phi) is 10.7. The van der Waals surface area contributed by atoms with Gasteiger partial charge in [0.25, 0.3) is 0 Å². The first-order valence-electron chi connectivity index (χ1n) is 11.3. The molecule has 1 amide bonds. The summed E-state index contributed by atoms with van der Waals surface area (Å²) >= 11 is 0. The van der Waals surface area contributed by atoms with Gasteiger partial charge in [-0.25, -0.2) is 5.84 Å². The smallest absolute Gasteiger partial charge is 0.247 e. The Hall–Kier alpha value is -0.980. The number of rotatable bonds is 13. The number of nitrogens with zero attached hydrogens (tertiary/aromatic N) is 1. The number of hydrogen-bond donors (Lipinski definition) is 2. The van der Waals surface area contributed by atoms with Gasteiger partial charge in [-0.2, -0.15) is 0 Å². The van der Waals surface area contributed by atoms with Crippen molar-refractivity contribution in [3.8, 4) is 0 Å². The number of ether oxygens (including phenoxy) is 1. The minimum atomic E-state index is -0.736. The van der Waals surface area contributed by atoms with Crippen LogP contribution >= 0.6 is 0 Å². The normalized spacial score (nSPS) is 16.1. The highest BCUT2D eigenvalue weighted by Gasteiger charge is 2.40. The van der Waals surface area contributed by atoms with E-state index < -0.39 is 22.5 Å². The molecule has 0 radical (unpaired) electrons. The van der Waals surface area contributed by atoms with Gasteiger partial charge in [-0.3, -0.25) is 14.6 Å². The van der Waals surface area contributed by atoms with E-state index in [9.17, 15) is 14.7 Å². The van der Waals surface area contributed by atoms with Crippen molar-refractivity contribution in [3.05, 3.63) is 0 Å². The number of carbonyl (C=O) groups is 2. The van der Waals surface area contributed by atoms with Gasteiger partial charge < -0.3 is 9.84 Å². The second kappa shape index (κ2) is 11.1. The van der Waals surface area contributed by atoms with Crippen LogP contribution in [-0.4, -0.2) is 46.2 Å². The molecular formula is C24H48N2O4. The lowest BCUT2D eigenvalue weighted by atomic mass is 9.70. The van der Waals surface area contributed by atoms with E-state index in [1.54, 1.807) is 6.92 Å². The summed E-state index contributed by atoms with van der Waals surface area (Å²) in [6.45, 7) is 20.4. The summed E-state index contributed by atoms with van der Waals surface area (Å²) < 4.78 is 5.92. The summed E-state index contributed by atoms with van der Waals surface area (Å²) in [5, 5.41) is 11.3. The molecule has 0 aliphatic rings. The molecule has 6 nitrogen and oxygen atoms in total. The lowest BCUT2D eigenvalue weighted by Gasteiger charge is -2.35. The first kappa shape index (κ1) is 29.0. The van der Waals surface area contributed by atoms with E-state index in [0.29, 0.717) is 45.3 Å². The van der Waals surface area contributed by atoms with Crippen LogP contribution in [-0.2, 0) is 14.3 Å². The minimum absolute atomic E-state index is 0.00726. The maximum atomic E-state index is 13.1. The fraction of sp³-hybridized carbons (Fsp3) is 0.917. The topological polar surface area (TPSA) is 92.9 Å². The fourth-order valence-electron chi connectivity index (χ4n) is 3.85. The van der Waals surface area contributed by atoms with Gasteiger partial charge in [0, 0.05) is 12.0 Å². The highest BCUT2D eigenvalue weighted by atomic mass is 16.5. The van der Waals surface area contributed by atoms with Crippen LogP contribution in [0.3, 0.4) is 0 Å². The molecule has 0 fully saturated rings. The molecule has 2 unspecified atom stereocenters. The van der Waals surface area contributed by atoms with E-state index >= 15 is 0 Å². The predicted molar refractivity (Wildman–Crippen MR) is 123 cm³/mol. The third kappa shape index (κ3) is 10.4. The standard InChI is InChI=1S/C24H48N2O4/c1-11-18(19(27)22(6,7)17-21(3,4)5)20(28)26(25)15-13-23(8,9)30-16-14-24(10,29)12-2/h18,29H,11-17,25H2,1-10H3. The van der Waals surface area contributed by atoms with Gasteiger partial charge in [0.2, 0.25) is 5.91 Å². The van der Waals surface area contributed by atoms with Gasteiger partial charge in [0.05, 0.1) is 23.7 Å². The molecule has 178 valence electrons. The van der Waals surface area contributed by atoms with Crippen molar-refractivity contribution in [2.75, 3.05) is 13.2 Å². The Balaban J connectivity index is 4.91. The molecule has 0 aromatic rings. The number of ketones is 1. The van der Waals surface area contributed by atoms with Crippen LogP contribution in [0.2, 0.25) is 0 Å². The fourth-order valence-corrected chi connectivity index (χ4v) is 3.85. The summed E-state index contributed by atoms with van der Waals surface area (Å²) in [6, 6.07) is 0. The van der Waals surface area contributed by atoms with Crippen molar-refractivity contribution in [1.82, 2.24) is 5.01 Å². The van der Waals surface area contributed by atoms with Crippen LogP contribution in [0.5, 0.6) is 0 Å². The monoisotopic (exact) mass is 428 g/mol. The van der Waals surface area contributed by atoms with Gasteiger partial charge in [0.1, 0.15) is 0 Å². The maximum Gasteiger partial charge on any atom is 0.247 e. The first-order chi connectivity index (χ1) is 13.4. The van der Waals surface area contributed by atoms with E-state index in [1.807, 2.05) is 41.5 Å². The Morgan fingerprint density at radius 3 is 1.97 bits per heavy atom. The van der Waals surface area contributed by atoms with Gasteiger partial charge in [-0.15, -0.1) is 0 Å². The minimum Gasteiger partial charge on any atom is -0.390 e. The van der Waals surface area contributed by atoms with E-state index in [0.717, 1.165) is 0 Å². The van der Waals surface area contributed by atoms with Crippen LogP contribution in [0, 0.1) is 16.7 Å². The van der Waals surface area contributed by atoms with E-state index in [-0.39, 0.29) is 17.1 Å². The molecular weight excluding hydrogens is 380 g/mol. The Morgan fingerprint density at radius 1 is 1.00 bits per heavy atom. The molecule has 0 bridgehead atoms. The molecule has 0 saturated carbocycles. The number of amides is 1. The lowest BCUT2D eigenvalue weighted by Crippen LogP contribution is -2.48. The van der Waals surface area contributed by atoms with Crippen molar-refractivity contribution in [2.45, 2.75) is 113 Å². The average Bonchev–Trinajstić information content (AvgIpc) is 2.57. The van der Waals surface area contributed by atoms with Gasteiger partial charge in [0.15, 0.2) is 5.78 Å². The number of hydrazine groups is 1. The molecule has 0 saturated heterocycles. The van der Waals surface area contributed by atoms with Crippen molar-refractivity contribution in [3.63, 3.8) is 0 Å². The van der Waals surface area contributed by atoms with Gasteiger partial charge in [-0.05, 0) is 58.3 Å². The molecule has 0 aromatic heterocycles. The number of hydrogen-bond acceptors (Lipinski definition) is 5. The number of aliphatic hydroxyl groups is 1. The molecule has 0 aliphatic heterocycles. The molecule has 0 spiro atoms. The summed E-state index contributed by atoms with van der Waals surface area (Å²) in [6.07, 6.45) is 2.90. The molecule has 30 heavy (non-hydrogen) atoms. The SMILES string of the molecule is CCC(C(=O)N(N)CCC(C)(C)OCCC(C)(O)CC)C(=O)C(C)(C)CC(C)(C)C. The van der Waals surface area contributed by atoms with Gasteiger partial charge in [-0.1, -0.05) is 48.5 Å². The molecule has 3 N–H and O–H groups in total. The van der Waals surface area contributed by atoms with E-state index in [1.165, 1.54) is 5.01 Å². The van der Waals surface area contributed by atoms with E-state index in [4.69, 9.17) is 10.6 Å². The zero-order valence-electron chi connectivity index (χ0n) is 21.2. The average molecular weight is 429 g/mol. The van der Waals surface area contributed by atoms with Gasteiger partial charge >= 0.3 is 0 Å². The molecule has 0 aliphatic carbocycles. The van der Waals surface area contributed by atoms with Crippen molar-refractivity contribution in [2.24, 2.45) is 22.6 Å². The second-order valence-electron chi connectivity index (χ2n) is 11.4. The third-order valence-electron chi connectivity index (χ3n) is 5.80. The Morgan fingerprint density at radius 2 is 1.53 bits per heavy atom. The van der Waals surface area contributed by atoms with Crippen LogP contribution < -0.4 is 5.84 Å². The highest BCUT2D eigenvalue weighted by Crippen LogP contribution is 2.36. The largest absolute Gasteiger partial charge is 0.390 e. The Labute approximate surface area is 184 Å². The summed E-state index contributed by atoms with van der Waals surface area (Å²) in [4.78, 5) is 26.1. The molecule has 0 aromatic carbocycles. The van der Waals surface area contributed by atoms with Crippen molar-refractivity contribution >= 4 is 11.7 Å². The van der Waals surface area contributed by atoms with Crippen LogP contribution in [0.1, 0.15) is 101 Å². The highest BCUT2D eigenvalue weighted by molar-refractivity contribution is 6.03. The van der Waals surface area contributed by atoms with E-state index in [2.05, 4.69) is 20.8 Å². The maximum absolute atomic E-state index is 13.1. The quantitative estimate of drug-likeness (QED) is 0.195.